The number of phenolic OH excluding ortho intramolecular Hbond substituents is 1. The summed E-state index contributed by atoms with van der Waals surface area (Å²) in [6, 6.07) is 1.06. The average molecular weight is 753 g/mol. The fourth-order valence-electron chi connectivity index (χ4n) is 7.07. The van der Waals surface area contributed by atoms with Gasteiger partial charge in [-0.25, -0.2) is 31.6 Å². The molecule has 0 radical (unpaired) electrons. The molecule has 2 aliphatic heterocycles. The van der Waals surface area contributed by atoms with Crippen LogP contribution in [0.5, 0.6) is 11.5 Å². The van der Waals surface area contributed by atoms with Gasteiger partial charge in [0.25, 0.3) is 11.8 Å². The first-order valence-electron chi connectivity index (χ1n) is 13.2. The molecule has 2 aromatic rings. The van der Waals surface area contributed by atoms with Gasteiger partial charge in [-0.05, 0) is 52.4 Å². The third-order valence-corrected chi connectivity index (χ3v) is 11.1. The molecule has 0 unspecified atom stereocenters. The van der Waals surface area contributed by atoms with Crippen molar-refractivity contribution in [3.05, 3.63) is 62.9 Å². The highest BCUT2D eigenvalue weighted by atomic mass is 79.9. The van der Waals surface area contributed by atoms with Gasteiger partial charge < -0.3 is 15.6 Å². The second-order valence-corrected chi connectivity index (χ2v) is 13.2. The Morgan fingerprint density at radius 2 is 1.57 bits per heavy atom. The van der Waals surface area contributed by atoms with Gasteiger partial charge in [0, 0.05) is 5.92 Å². The number of rotatable bonds is 3. The maximum absolute atomic E-state index is 15.1. The lowest BCUT2D eigenvalue weighted by atomic mass is 9.56. The Morgan fingerprint density at radius 3 is 2.13 bits per heavy atom. The Labute approximate surface area is 272 Å². The largest absolute Gasteiger partial charge is 0.503 e. The highest BCUT2D eigenvalue weighted by molar-refractivity contribution is 9.10. The van der Waals surface area contributed by atoms with Gasteiger partial charge in [-0.3, -0.25) is 19.2 Å². The van der Waals surface area contributed by atoms with Crippen molar-refractivity contribution in [1.82, 2.24) is 4.90 Å². The molecule has 2 saturated heterocycles. The fourth-order valence-corrected chi connectivity index (χ4v) is 8.47. The van der Waals surface area contributed by atoms with E-state index in [-0.39, 0.29) is 37.6 Å². The Balaban J connectivity index is 1.63. The smallest absolute Gasteiger partial charge is 0.328 e. The Morgan fingerprint density at radius 1 is 0.978 bits per heavy atom. The number of benzene rings is 2. The monoisotopic (exact) mass is 751 g/mol. The molecule has 1 saturated carbocycles. The van der Waals surface area contributed by atoms with Gasteiger partial charge in [0.15, 0.2) is 44.5 Å². The number of phenols is 1. The zero-order chi connectivity index (χ0) is 33.9. The maximum atomic E-state index is 15.1. The number of methoxy groups -OCH3 is 1. The summed E-state index contributed by atoms with van der Waals surface area (Å²) in [6.07, 6.45) is 0.475. The van der Waals surface area contributed by atoms with E-state index in [1.807, 2.05) is 0 Å². The quantitative estimate of drug-likeness (QED) is 0.117. The summed E-state index contributed by atoms with van der Waals surface area (Å²) in [5, 5.41) is 10.5. The maximum Gasteiger partial charge on any atom is 0.328 e. The van der Waals surface area contributed by atoms with Gasteiger partial charge >= 0.3 is 6.03 Å². The minimum atomic E-state index is -2.78. The van der Waals surface area contributed by atoms with E-state index >= 15 is 8.78 Å². The van der Waals surface area contributed by atoms with E-state index < -0.39 is 110 Å². The molecule has 18 heteroatoms. The summed E-state index contributed by atoms with van der Waals surface area (Å²) in [7, 11) is 1.18. The van der Waals surface area contributed by atoms with Crippen molar-refractivity contribution >= 4 is 74.5 Å². The van der Waals surface area contributed by atoms with Crippen molar-refractivity contribution in [3.8, 4) is 11.5 Å². The molecule has 4 aliphatic rings. The van der Waals surface area contributed by atoms with Crippen LogP contribution in [0.2, 0.25) is 0 Å². The molecule has 2 aromatic carbocycles. The van der Waals surface area contributed by atoms with E-state index in [4.69, 9.17) is 33.7 Å². The number of halogens is 8. The van der Waals surface area contributed by atoms with Crippen LogP contribution < -0.4 is 15.4 Å². The number of hydrogen-bond donors (Lipinski definition) is 2. The first-order chi connectivity index (χ1) is 21.4. The van der Waals surface area contributed by atoms with Crippen molar-refractivity contribution in [2.45, 2.75) is 28.5 Å². The fraction of sp³-hybridized carbons (Fsp3) is 0.321. The van der Waals surface area contributed by atoms with E-state index in [1.165, 1.54) is 25.3 Å². The van der Waals surface area contributed by atoms with Crippen LogP contribution in [0.25, 0.3) is 0 Å². The molecule has 6 rings (SSSR count). The zero-order valence-corrected chi connectivity index (χ0v) is 25.9. The van der Waals surface area contributed by atoms with Crippen molar-refractivity contribution in [2.75, 3.05) is 12.0 Å². The molecule has 2 heterocycles. The van der Waals surface area contributed by atoms with Crippen molar-refractivity contribution < 1.29 is 55.8 Å². The van der Waals surface area contributed by atoms with E-state index in [2.05, 4.69) is 15.9 Å². The number of aromatic hydroxyl groups is 1. The number of alkyl halides is 2. The summed E-state index contributed by atoms with van der Waals surface area (Å²) in [5.41, 5.74) is 3.46. The van der Waals surface area contributed by atoms with Gasteiger partial charge in [-0.15, -0.1) is 23.2 Å². The number of hydrogen-bond acceptors (Lipinski definition) is 7. The molecule has 0 bridgehead atoms. The molecule has 0 aromatic heterocycles. The minimum absolute atomic E-state index is 0.0140. The molecule has 3 N–H and O–H groups in total. The van der Waals surface area contributed by atoms with Crippen LogP contribution in [-0.4, -0.2) is 56.5 Å². The SMILES string of the molecule is COc1cc([C@H]2C3=CC[C@@H]4C(=O)N(C(N)=O)C(=O)[C@@H]4[C@@H]3C[C@@]3(Cl)C(=O)N(c4c(F)c(F)c(F)c(F)c4F)C(=O)[C@@]23Cl)cc(Br)c1O. The first kappa shape index (κ1) is 32.2. The molecule has 6 atom stereocenters. The van der Waals surface area contributed by atoms with E-state index in [0.29, 0.717) is 0 Å². The van der Waals surface area contributed by atoms with Crippen LogP contribution in [0.1, 0.15) is 24.3 Å². The topological polar surface area (TPSA) is 147 Å². The number of urea groups is 1. The summed E-state index contributed by atoms with van der Waals surface area (Å²) in [5.74, 6) is -23.9. The summed E-state index contributed by atoms with van der Waals surface area (Å²) in [6.45, 7) is 0. The molecule has 242 valence electrons. The van der Waals surface area contributed by atoms with Crippen molar-refractivity contribution in [2.24, 2.45) is 23.5 Å². The molecule has 0 spiro atoms. The number of carbonyl (C=O) groups excluding carboxylic acids is 5. The standard InChI is InChI=1S/C28H17BrCl2F5N3O7/c1-46-12-5-7(4-11(29)21(12)40)14-8-2-3-9-13(23(42)39(22(9)41)26(37)45)10(8)6-27(30)24(43)38(25(44)28(14,27)31)20-18(35)16(33)15(32)17(34)19(20)36/h2,4-5,9-10,13-14,40H,3,6H2,1H3,(H2,37,45)/t9-,10+,13-,14-,27+,28-/m0/s1. The number of fused-ring (bicyclic) bond motifs is 4. The zero-order valence-electron chi connectivity index (χ0n) is 22.8. The molecule has 3 fully saturated rings. The second kappa shape index (κ2) is 10.4. The number of primary amides is 1. The molecule has 6 amide bonds. The lowest BCUT2D eigenvalue weighted by Gasteiger charge is -2.50. The minimum Gasteiger partial charge on any atom is -0.503 e. The van der Waals surface area contributed by atoms with Crippen LogP contribution in [0, 0.1) is 46.8 Å². The predicted octanol–water partition coefficient (Wildman–Crippen LogP) is 4.50. The predicted molar refractivity (Wildman–Crippen MR) is 150 cm³/mol. The first-order valence-corrected chi connectivity index (χ1v) is 14.7. The number of amides is 6. The van der Waals surface area contributed by atoms with Gasteiger partial charge in [0.1, 0.15) is 5.69 Å². The number of nitrogens with zero attached hydrogens (tertiary/aromatic N) is 2. The molecule has 2 aliphatic carbocycles. The van der Waals surface area contributed by atoms with Crippen molar-refractivity contribution in [1.29, 1.82) is 0 Å². The van der Waals surface area contributed by atoms with Gasteiger partial charge in [-0.2, -0.15) is 4.90 Å². The number of ether oxygens (including phenoxy) is 1. The highest BCUT2D eigenvalue weighted by Gasteiger charge is 2.77. The molecule has 46 heavy (non-hydrogen) atoms. The normalized spacial score (nSPS) is 30.3. The third-order valence-electron chi connectivity index (χ3n) is 9.05. The third kappa shape index (κ3) is 3.83. The van der Waals surface area contributed by atoms with Crippen molar-refractivity contribution in [3.63, 3.8) is 0 Å². The highest BCUT2D eigenvalue weighted by Crippen LogP contribution is 2.66. The van der Waals surface area contributed by atoms with Crippen LogP contribution in [0.15, 0.2) is 28.3 Å². The van der Waals surface area contributed by atoms with E-state index in [9.17, 15) is 42.3 Å². The number of imide groups is 4. The molecular formula is C28H17BrCl2F5N3O7. The summed E-state index contributed by atoms with van der Waals surface area (Å²) in [4.78, 5) is 61.2. The number of likely N-dealkylation sites (tertiary alicyclic amines) is 1. The van der Waals surface area contributed by atoms with Crippen LogP contribution in [0.3, 0.4) is 0 Å². The van der Waals surface area contributed by atoms with E-state index in [0.717, 1.165) is 0 Å². The number of carbonyl (C=O) groups is 5. The number of anilines is 1. The van der Waals surface area contributed by atoms with E-state index in [1.54, 1.807) is 0 Å². The Bertz CT molecular complexity index is 1850. The van der Waals surface area contributed by atoms with Crippen LogP contribution in [-0.2, 0) is 19.2 Å². The molecule has 10 nitrogen and oxygen atoms in total. The molecular weight excluding hydrogens is 736 g/mol. The Kier molecular flexibility index (Phi) is 7.26. The number of nitrogens with two attached hydrogens (primary N) is 1. The lowest BCUT2D eigenvalue weighted by Crippen LogP contribution is -2.60. The van der Waals surface area contributed by atoms with Gasteiger partial charge in [-0.1, -0.05) is 11.6 Å². The second-order valence-electron chi connectivity index (χ2n) is 11.1. The van der Waals surface area contributed by atoms with Crippen LogP contribution in [0.4, 0.5) is 32.4 Å². The lowest BCUT2D eigenvalue weighted by molar-refractivity contribution is -0.136. The van der Waals surface area contributed by atoms with Gasteiger partial charge in [0.05, 0.1) is 23.4 Å². The summed E-state index contributed by atoms with van der Waals surface area (Å²) >= 11 is 17.1. The Hall–Kier alpha value is -3.76. The van der Waals surface area contributed by atoms with Gasteiger partial charge in [0.2, 0.25) is 17.6 Å². The number of allylic oxidation sites excluding steroid dienone is 2. The van der Waals surface area contributed by atoms with Crippen LogP contribution >= 0.6 is 39.1 Å². The average Bonchev–Trinajstić information content (AvgIpc) is 3.35. The summed E-state index contributed by atoms with van der Waals surface area (Å²) < 4.78 is 77.9.